The average molecular weight is 370 g/mol. The zero-order chi connectivity index (χ0) is 18.0. The predicted molar refractivity (Wildman–Crippen MR) is 101 cm³/mol. The van der Waals surface area contributed by atoms with Crippen molar-refractivity contribution in [3.05, 3.63) is 77.6 Å². The molecule has 0 unspecified atom stereocenters. The van der Waals surface area contributed by atoms with Gasteiger partial charge in [0.2, 0.25) is 0 Å². The molecule has 0 aliphatic carbocycles. The number of unbranched alkanes of at least 4 members (excludes halogenated alkanes) is 1. The van der Waals surface area contributed by atoms with Crippen molar-refractivity contribution in [1.82, 2.24) is 15.0 Å². The monoisotopic (exact) mass is 369 g/mol. The van der Waals surface area contributed by atoms with E-state index in [4.69, 9.17) is 21.1 Å². The molecule has 0 aliphatic heterocycles. The van der Waals surface area contributed by atoms with Crippen molar-refractivity contribution in [2.75, 3.05) is 13.2 Å². The highest BCUT2D eigenvalue weighted by atomic mass is 35.5. The first kappa shape index (κ1) is 18.1. The van der Waals surface area contributed by atoms with Crippen LogP contribution < -0.4 is 9.47 Å². The van der Waals surface area contributed by atoms with E-state index in [9.17, 15) is 0 Å². The topological polar surface area (TPSA) is 57.1 Å². The Bertz CT molecular complexity index is 801. The maximum atomic E-state index is 6.32. The molecule has 0 saturated carbocycles. The lowest BCUT2D eigenvalue weighted by Gasteiger charge is -2.10. The van der Waals surface area contributed by atoms with Crippen molar-refractivity contribution >= 4 is 11.6 Å². The van der Waals surface area contributed by atoms with Gasteiger partial charge in [-0.3, -0.25) is 15.0 Å². The van der Waals surface area contributed by atoms with E-state index in [0.29, 0.717) is 30.4 Å². The molecule has 0 N–H and O–H groups in total. The zero-order valence-corrected chi connectivity index (χ0v) is 15.1. The van der Waals surface area contributed by atoms with Crippen LogP contribution in [0.3, 0.4) is 0 Å². The second kappa shape index (κ2) is 9.73. The highest BCUT2D eigenvalue weighted by Gasteiger charge is 2.05. The van der Waals surface area contributed by atoms with E-state index in [1.54, 1.807) is 31.0 Å². The SMILES string of the molecule is Clc1cc(Cc2cnccn2)ccc1OCCCCOc1ccncc1. The van der Waals surface area contributed by atoms with Gasteiger partial charge < -0.3 is 9.47 Å². The Morgan fingerprint density at radius 2 is 1.65 bits per heavy atom. The molecule has 0 bridgehead atoms. The molecular formula is C20H20ClN3O2. The number of pyridine rings is 1. The number of halogens is 1. The highest BCUT2D eigenvalue weighted by Crippen LogP contribution is 2.26. The molecule has 0 saturated heterocycles. The standard InChI is InChI=1S/C20H20ClN3O2/c21-19-14-16(13-17-15-23-9-10-24-17)3-4-20(19)26-12-2-1-11-25-18-5-7-22-8-6-18/h3-10,14-15H,1-2,11-13H2. The minimum Gasteiger partial charge on any atom is -0.493 e. The smallest absolute Gasteiger partial charge is 0.137 e. The predicted octanol–water partition coefficient (Wildman–Crippen LogP) is 4.35. The number of rotatable bonds is 9. The molecular weight excluding hydrogens is 350 g/mol. The van der Waals surface area contributed by atoms with Crippen LogP contribution in [0.1, 0.15) is 24.1 Å². The second-order valence-electron chi connectivity index (χ2n) is 5.73. The Balaban J connectivity index is 1.39. The van der Waals surface area contributed by atoms with Gasteiger partial charge in [0, 0.05) is 37.4 Å². The molecule has 0 aliphatic rings. The fourth-order valence-electron chi connectivity index (χ4n) is 2.41. The maximum absolute atomic E-state index is 6.32. The Labute approximate surface area is 158 Å². The molecule has 2 aromatic heterocycles. The van der Waals surface area contributed by atoms with Crippen LogP contribution in [0.25, 0.3) is 0 Å². The summed E-state index contributed by atoms with van der Waals surface area (Å²) in [6.45, 7) is 1.25. The average Bonchev–Trinajstić information content (AvgIpc) is 2.67. The molecule has 3 rings (SSSR count). The van der Waals surface area contributed by atoms with Gasteiger partial charge >= 0.3 is 0 Å². The van der Waals surface area contributed by atoms with Crippen molar-refractivity contribution in [3.8, 4) is 11.5 Å². The van der Waals surface area contributed by atoms with Gasteiger partial charge in [0.25, 0.3) is 0 Å². The fraction of sp³-hybridized carbons (Fsp3) is 0.250. The summed E-state index contributed by atoms with van der Waals surface area (Å²) in [6.07, 6.45) is 11.0. The van der Waals surface area contributed by atoms with Crippen LogP contribution in [0.5, 0.6) is 11.5 Å². The van der Waals surface area contributed by atoms with Crippen molar-refractivity contribution in [1.29, 1.82) is 0 Å². The number of hydrogen-bond donors (Lipinski definition) is 0. The molecule has 134 valence electrons. The summed E-state index contributed by atoms with van der Waals surface area (Å²) in [7, 11) is 0. The minimum absolute atomic E-state index is 0.600. The first-order chi connectivity index (χ1) is 12.8. The lowest BCUT2D eigenvalue weighted by atomic mass is 10.1. The number of nitrogens with zero attached hydrogens (tertiary/aromatic N) is 3. The van der Waals surface area contributed by atoms with Gasteiger partial charge in [-0.2, -0.15) is 0 Å². The van der Waals surface area contributed by atoms with E-state index < -0.39 is 0 Å². The van der Waals surface area contributed by atoms with Crippen LogP contribution >= 0.6 is 11.6 Å². The lowest BCUT2D eigenvalue weighted by molar-refractivity contribution is 0.266. The van der Waals surface area contributed by atoms with E-state index in [1.165, 1.54) is 0 Å². The number of hydrogen-bond acceptors (Lipinski definition) is 5. The van der Waals surface area contributed by atoms with Gasteiger partial charge in [-0.05, 0) is 42.7 Å². The summed E-state index contributed by atoms with van der Waals surface area (Å²) in [4.78, 5) is 12.3. The third kappa shape index (κ3) is 5.70. The van der Waals surface area contributed by atoms with Crippen molar-refractivity contribution < 1.29 is 9.47 Å². The van der Waals surface area contributed by atoms with Gasteiger partial charge in [-0.1, -0.05) is 17.7 Å². The molecule has 3 aromatic rings. The highest BCUT2D eigenvalue weighted by molar-refractivity contribution is 6.32. The molecule has 0 spiro atoms. The van der Waals surface area contributed by atoms with Gasteiger partial charge in [-0.15, -0.1) is 0 Å². The number of benzene rings is 1. The Morgan fingerprint density at radius 3 is 2.38 bits per heavy atom. The summed E-state index contributed by atoms with van der Waals surface area (Å²) in [5, 5.41) is 0.611. The Hall–Kier alpha value is -2.66. The Morgan fingerprint density at radius 1 is 0.846 bits per heavy atom. The summed E-state index contributed by atoms with van der Waals surface area (Å²) < 4.78 is 11.4. The molecule has 0 radical (unpaired) electrons. The van der Waals surface area contributed by atoms with Crippen LogP contribution in [0.4, 0.5) is 0 Å². The third-order valence-electron chi connectivity index (χ3n) is 3.71. The van der Waals surface area contributed by atoms with E-state index in [-0.39, 0.29) is 0 Å². The van der Waals surface area contributed by atoms with Crippen molar-refractivity contribution in [2.45, 2.75) is 19.3 Å². The van der Waals surface area contributed by atoms with Crippen LogP contribution in [0.15, 0.2) is 61.3 Å². The summed E-state index contributed by atoms with van der Waals surface area (Å²) in [5.41, 5.74) is 1.99. The minimum atomic E-state index is 0.600. The molecule has 0 atom stereocenters. The van der Waals surface area contributed by atoms with Crippen molar-refractivity contribution in [2.24, 2.45) is 0 Å². The van der Waals surface area contributed by atoms with Crippen LogP contribution in [0.2, 0.25) is 5.02 Å². The van der Waals surface area contributed by atoms with Gasteiger partial charge in [0.15, 0.2) is 0 Å². The zero-order valence-electron chi connectivity index (χ0n) is 14.3. The number of aromatic nitrogens is 3. The molecule has 0 amide bonds. The summed E-state index contributed by atoms with van der Waals surface area (Å²) in [6, 6.07) is 9.51. The van der Waals surface area contributed by atoms with Crippen LogP contribution in [-0.2, 0) is 6.42 Å². The molecule has 5 nitrogen and oxygen atoms in total. The van der Waals surface area contributed by atoms with Gasteiger partial charge in [-0.25, -0.2) is 0 Å². The first-order valence-corrected chi connectivity index (χ1v) is 8.88. The van der Waals surface area contributed by atoms with E-state index >= 15 is 0 Å². The van der Waals surface area contributed by atoms with Crippen LogP contribution in [0, 0.1) is 0 Å². The third-order valence-corrected chi connectivity index (χ3v) is 4.01. The largest absolute Gasteiger partial charge is 0.493 e. The van der Waals surface area contributed by atoms with Gasteiger partial charge in [0.1, 0.15) is 11.5 Å². The second-order valence-corrected chi connectivity index (χ2v) is 6.13. The molecule has 26 heavy (non-hydrogen) atoms. The summed E-state index contributed by atoms with van der Waals surface area (Å²) >= 11 is 6.32. The molecule has 2 heterocycles. The Kier molecular flexibility index (Phi) is 6.79. The molecule has 6 heteroatoms. The molecule has 0 fully saturated rings. The normalized spacial score (nSPS) is 10.5. The van der Waals surface area contributed by atoms with Crippen molar-refractivity contribution in [3.63, 3.8) is 0 Å². The van der Waals surface area contributed by atoms with E-state index in [0.717, 1.165) is 29.8 Å². The van der Waals surface area contributed by atoms with E-state index in [2.05, 4.69) is 15.0 Å². The maximum Gasteiger partial charge on any atom is 0.137 e. The lowest BCUT2D eigenvalue weighted by Crippen LogP contribution is -2.03. The van der Waals surface area contributed by atoms with Crippen LogP contribution in [-0.4, -0.2) is 28.2 Å². The fourth-order valence-corrected chi connectivity index (χ4v) is 2.67. The van der Waals surface area contributed by atoms with E-state index in [1.807, 2.05) is 30.3 Å². The molecule has 1 aromatic carbocycles. The number of ether oxygens (including phenoxy) is 2. The summed E-state index contributed by atoms with van der Waals surface area (Å²) in [5.74, 6) is 1.53. The quantitative estimate of drug-likeness (QED) is 0.525. The first-order valence-electron chi connectivity index (χ1n) is 8.50. The van der Waals surface area contributed by atoms with Gasteiger partial charge in [0.05, 0.1) is 23.9 Å².